The van der Waals surface area contributed by atoms with Gasteiger partial charge in [0.2, 0.25) is 0 Å². The van der Waals surface area contributed by atoms with Crippen molar-refractivity contribution in [3.63, 3.8) is 0 Å². The molecule has 2 amide bonds. The second-order valence-corrected chi connectivity index (χ2v) is 7.23. The van der Waals surface area contributed by atoms with Gasteiger partial charge in [0, 0.05) is 6.42 Å². The van der Waals surface area contributed by atoms with Gasteiger partial charge in [0.05, 0.1) is 0 Å². The molecule has 7 nitrogen and oxygen atoms in total. The van der Waals surface area contributed by atoms with Gasteiger partial charge in [0.15, 0.2) is 5.75 Å². The number of nitrogens with zero attached hydrogens (tertiary/aromatic N) is 1. The molecule has 0 saturated heterocycles. The molecule has 0 saturated carbocycles. The minimum absolute atomic E-state index is 0.219. The summed E-state index contributed by atoms with van der Waals surface area (Å²) < 4.78 is 11.0. The second kappa shape index (κ2) is 7.28. The number of hydroxylamine groups is 1. The summed E-state index contributed by atoms with van der Waals surface area (Å²) >= 11 is 0. The van der Waals surface area contributed by atoms with E-state index < -0.39 is 23.6 Å². The van der Waals surface area contributed by atoms with Crippen molar-refractivity contribution in [1.29, 1.82) is 0 Å². The fourth-order valence-corrected chi connectivity index (χ4v) is 2.80. The monoisotopic (exact) mass is 370 g/mol. The van der Waals surface area contributed by atoms with Crippen LogP contribution in [-0.2, 0) is 16.0 Å². The Bertz CT molecular complexity index is 845. The van der Waals surface area contributed by atoms with Gasteiger partial charge in [0.1, 0.15) is 23.1 Å². The molecule has 0 fully saturated rings. The van der Waals surface area contributed by atoms with E-state index in [0.717, 1.165) is 0 Å². The molecule has 0 bridgehead atoms. The highest BCUT2D eigenvalue weighted by Crippen LogP contribution is 2.38. The molecule has 0 aromatic heterocycles. The van der Waals surface area contributed by atoms with Gasteiger partial charge >= 0.3 is 6.09 Å². The molecule has 7 heteroatoms. The third-order valence-corrected chi connectivity index (χ3v) is 3.89. The van der Waals surface area contributed by atoms with Crippen LogP contribution in [0.4, 0.5) is 10.5 Å². The van der Waals surface area contributed by atoms with Gasteiger partial charge in [0.25, 0.3) is 5.91 Å². The Labute approximate surface area is 157 Å². The molecule has 0 radical (unpaired) electrons. The summed E-state index contributed by atoms with van der Waals surface area (Å²) in [6.07, 6.45) is -0.495. The number of hydrogen-bond acceptors (Lipinski definition) is 5. The lowest BCUT2D eigenvalue weighted by molar-refractivity contribution is -0.126. The van der Waals surface area contributed by atoms with Crippen LogP contribution in [-0.4, -0.2) is 28.9 Å². The molecular weight excluding hydrogens is 348 g/mol. The molecule has 27 heavy (non-hydrogen) atoms. The Hall–Kier alpha value is -3.06. The van der Waals surface area contributed by atoms with Crippen LogP contribution >= 0.6 is 0 Å². The van der Waals surface area contributed by atoms with Crippen LogP contribution in [0.2, 0.25) is 0 Å². The number of anilines is 1. The van der Waals surface area contributed by atoms with E-state index >= 15 is 0 Å². The first-order chi connectivity index (χ1) is 12.7. The minimum atomic E-state index is -0.927. The lowest BCUT2D eigenvalue weighted by Gasteiger charge is -2.31. The fraction of sp³-hybridized carbons (Fsp3) is 0.300. The van der Waals surface area contributed by atoms with Crippen molar-refractivity contribution in [2.45, 2.75) is 38.8 Å². The average Bonchev–Trinajstić information content (AvgIpc) is 2.58. The van der Waals surface area contributed by atoms with E-state index in [1.165, 1.54) is 0 Å². The van der Waals surface area contributed by atoms with Gasteiger partial charge in [-0.15, -0.1) is 0 Å². The standard InChI is InChI=1S/C20H22N2O5/c1-20(2,3)27-19(24)21-15-12-13-8-7-11-16(17(13)22(25)18(15)23)26-14-9-5-4-6-10-14/h4-11,15,25H,12H2,1-3H3,(H,21,24)/t15-/m0/s1. The van der Waals surface area contributed by atoms with Crippen LogP contribution in [0.25, 0.3) is 0 Å². The molecule has 142 valence electrons. The van der Waals surface area contributed by atoms with Crippen LogP contribution in [0, 0.1) is 0 Å². The van der Waals surface area contributed by atoms with Crippen molar-refractivity contribution >= 4 is 17.7 Å². The third-order valence-electron chi connectivity index (χ3n) is 3.89. The molecular formula is C20H22N2O5. The molecule has 3 rings (SSSR count). The van der Waals surface area contributed by atoms with Crippen LogP contribution in [0.15, 0.2) is 48.5 Å². The van der Waals surface area contributed by atoms with Gasteiger partial charge in [-0.2, -0.15) is 5.06 Å². The van der Waals surface area contributed by atoms with E-state index in [1.807, 2.05) is 18.2 Å². The lowest BCUT2D eigenvalue weighted by atomic mass is 9.98. The fourth-order valence-electron chi connectivity index (χ4n) is 2.80. The van der Waals surface area contributed by atoms with Crippen LogP contribution < -0.4 is 15.1 Å². The number of benzene rings is 2. The normalized spacial score (nSPS) is 16.5. The Morgan fingerprint density at radius 3 is 2.52 bits per heavy atom. The van der Waals surface area contributed by atoms with E-state index in [0.29, 0.717) is 22.1 Å². The number of amides is 2. The van der Waals surface area contributed by atoms with E-state index in [4.69, 9.17) is 9.47 Å². The van der Waals surface area contributed by atoms with Crippen molar-refractivity contribution in [3.05, 3.63) is 54.1 Å². The summed E-state index contributed by atoms with van der Waals surface area (Å²) in [5.41, 5.74) is 0.259. The summed E-state index contributed by atoms with van der Waals surface area (Å²) in [7, 11) is 0. The molecule has 0 spiro atoms. The van der Waals surface area contributed by atoms with Gasteiger partial charge in [-0.05, 0) is 44.5 Å². The van der Waals surface area contributed by atoms with Gasteiger partial charge < -0.3 is 14.8 Å². The molecule has 1 heterocycles. The van der Waals surface area contributed by atoms with Crippen LogP contribution in [0.1, 0.15) is 26.3 Å². The van der Waals surface area contributed by atoms with Gasteiger partial charge in [-0.3, -0.25) is 10.0 Å². The van der Waals surface area contributed by atoms with E-state index in [-0.39, 0.29) is 12.1 Å². The summed E-state index contributed by atoms with van der Waals surface area (Å²) in [6, 6.07) is 13.4. The number of hydrogen-bond donors (Lipinski definition) is 2. The predicted molar refractivity (Wildman–Crippen MR) is 99.1 cm³/mol. The Balaban J connectivity index is 1.82. The number of ether oxygens (including phenoxy) is 2. The first-order valence-electron chi connectivity index (χ1n) is 8.62. The van der Waals surface area contributed by atoms with Crippen molar-refractivity contribution in [2.24, 2.45) is 0 Å². The maximum Gasteiger partial charge on any atom is 0.408 e. The third kappa shape index (κ3) is 4.38. The van der Waals surface area contributed by atoms with Gasteiger partial charge in [-0.25, -0.2) is 4.79 Å². The number of rotatable bonds is 3. The highest BCUT2D eigenvalue weighted by Gasteiger charge is 2.36. The van der Waals surface area contributed by atoms with Crippen LogP contribution in [0.5, 0.6) is 11.5 Å². The number of para-hydroxylation sites is 2. The predicted octanol–water partition coefficient (Wildman–Crippen LogP) is 3.65. The maximum atomic E-state index is 12.5. The van der Waals surface area contributed by atoms with Crippen molar-refractivity contribution in [2.75, 3.05) is 5.06 Å². The van der Waals surface area contributed by atoms with Crippen molar-refractivity contribution < 1.29 is 24.3 Å². The summed E-state index contributed by atoms with van der Waals surface area (Å²) in [4.78, 5) is 24.5. The average molecular weight is 370 g/mol. The summed E-state index contributed by atoms with van der Waals surface area (Å²) in [5.74, 6) is 0.281. The Kier molecular flexibility index (Phi) is 5.05. The van der Waals surface area contributed by atoms with E-state index in [9.17, 15) is 14.8 Å². The number of nitrogens with one attached hydrogen (secondary N) is 1. The molecule has 0 aliphatic carbocycles. The quantitative estimate of drug-likeness (QED) is 0.805. The molecule has 0 unspecified atom stereocenters. The SMILES string of the molecule is CC(C)(C)OC(=O)N[C@H]1Cc2cccc(Oc3ccccc3)c2N(O)C1=O. The smallest absolute Gasteiger partial charge is 0.408 e. The lowest BCUT2D eigenvalue weighted by Crippen LogP contribution is -2.52. The topological polar surface area (TPSA) is 88.1 Å². The summed E-state index contributed by atoms with van der Waals surface area (Å²) in [6.45, 7) is 5.20. The molecule has 1 aliphatic heterocycles. The largest absolute Gasteiger partial charge is 0.455 e. The number of carbonyl (C=O) groups is 2. The zero-order chi connectivity index (χ0) is 19.6. The van der Waals surface area contributed by atoms with Crippen molar-refractivity contribution in [1.82, 2.24) is 5.32 Å². The van der Waals surface area contributed by atoms with Gasteiger partial charge in [-0.1, -0.05) is 30.3 Å². The highest BCUT2D eigenvalue weighted by atomic mass is 16.6. The second-order valence-electron chi connectivity index (χ2n) is 7.23. The van der Waals surface area contributed by atoms with E-state index in [1.54, 1.807) is 51.1 Å². The summed E-state index contributed by atoms with van der Waals surface area (Å²) in [5, 5.41) is 13.5. The number of carbonyl (C=O) groups excluding carboxylic acids is 2. The highest BCUT2D eigenvalue weighted by molar-refractivity contribution is 6.01. The van der Waals surface area contributed by atoms with Crippen LogP contribution in [0.3, 0.4) is 0 Å². The number of alkyl carbamates (subject to hydrolysis) is 1. The first-order valence-corrected chi connectivity index (χ1v) is 8.62. The zero-order valence-electron chi connectivity index (χ0n) is 15.4. The minimum Gasteiger partial charge on any atom is -0.455 e. The molecule has 2 aromatic carbocycles. The molecule has 2 aromatic rings. The number of fused-ring (bicyclic) bond motifs is 1. The Morgan fingerprint density at radius 2 is 1.85 bits per heavy atom. The zero-order valence-corrected chi connectivity index (χ0v) is 15.4. The molecule has 2 N–H and O–H groups in total. The molecule has 1 aliphatic rings. The van der Waals surface area contributed by atoms with E-state index in [2.05, 4.69) is 5.32 Å². The van der Waals surface area contributed by atoms with Crippen molar-refractivity contribution in [3.8, 4) is 11.5 Å². The maximum absolute atomic E-state index is 12.5. The first kappa shape index (κ1) is 18.7. The molecule has 1 atom stereocenters. The Morgan fingerprint density at radius 1 is 1.15 bits per heavy atom.